The number of hydrogen-bond donors (Lipinski definition) is 2. The summed E-state index contributed by atoms with van der Waals surface area (Å²) in [6.45, 7) is 0. The lowest BCUT2D eigenvalue weighted by molar-refractivity contribution is 0.481. The largest absolute Gasteiger partial charge is 0.507 e. The Bertz CT molecular complexity index is 636. The number of phenols is 1. The van der Waals surface area contributed by atoms with Crippen molar-refractivity contribution in [2.24, 2.45) is 0 Å². The van der Waals surface area contributed by atoms with E-state index in [0.29, 0.717) is 15.1 Å². The molecule has 0 saturated carbocycles. The highest BCUT2D eigenvalue weighted by Gasteiger charge is 2.15. The molecule has 2 rings (SSSR count). The standard InChI is InChI=1S/C11H8N2O3S/c12-7-13(17(15)16)10-5-1-4-9-8(10)3-2-6-11(9)14/h1-6,14H,(H,15,16). The van der Waals surface area contributed by atoms with Gasteiger partial charge < -0.3 is 5.11 Å². The van der Waals surface area contributed by atoms with E-state index in [2.05, 4.69) is 0 Å². The highest BCUT2D eigenvalue weighted by atomic mass is 32.2. The van der Waals surface area contributed by atoms with Gasteiger partial charge in [-0.1, -0.05) is 24.3 Å². The average Bonchev–Trinajstić information content (AvgIpc) is 2.31. The normalized spacial score (nSPS) is 12.0. The summed E-state index contributed by atoms with van der Waals surface area (Å²) in [5, 5.41) is 19.6. The molecule has 6 heteroatoms. The van der Waals surface area contributed by atoms with Gasteiger partial charge in [0.15, 0.2) is 6.19 Å². The number of fused-ring (bicyclic) bond motifs is 1. The molecule has 0 aromatic heterocycles. The van der Waals surface area contributed by atoms with Crippen molar-refractivity contribution in [2.75, 3.05) is 4.31 Å². The molecule has 86 valence electrons. The van der Waals surface area contributed by atoms with Crippen molar-refractivity contribution < 1.29 is 13.9 Å². The Balaban J connectivity index is 2.75. The van der Waals surface area contributed by atoms with Crippen molar-refractivity contribution in [2.45, 2.75) is 0 Å². The lowest BCUT2D eigenvalue weighted by Gasteiger charge is -2.13. The predicted molar refractivity (Wildman–Crippen MR) is 64.5 cm³/mol. The van der Waals surface area contributed by atoms with Crippen LogP contribution in [-0.4, -0.2) is 13.9 Å². The van der Waals surface area contributed by atoms with Gasteiger partial charge in [0.05, 0.1) is 5.69 Å². The summed E-state index contributed by atoms with van der Waals surface area (Å²) in [4.78, 5) is 0. The Morgan fingerprint density at radius 1 is 1.18 bits per heavy atom. The van der Waals surface area contributed by atoms with E-state index in [1.54, 1.807) is 36.5 Å². The SMILES string of the molecule is N#CN(c1cccc2c(O)cccc12)S(=O)O. The summed E-state index contributed by atoms with van der Waals surface area (Å²) in [5.41, 5.74) is 0.279. The van der Waals surface area contributed by atoms with Crippen LogP contribution in [0, 0.1) is 11.5 Å². The monoisotopic (exact) mass is 248 g/mol. The molecule has 1 unspecified atom stereocenters. The molecule has 0 saturated heterocycles. The summed E-state index contributed by atoms with van der Waals surface area (Å²) < 4.78 is 20.7. The molecule has 0 fully saturated rings. The van der Waals surface area contributed by atoms with Gasteiger partial charge >= 0.3 is 0 Å². The van der Waals surface area contributed by atoms with E-state index in [1.165, 1.54) is 6.07 Å². The van der Waals surface area contributed by atoms with E-state index in [9.17, 15) is 9.32 Å². The maximum absolute atomic E-state index is 11.0. The summed E-state index contributed by atoms with van der Waals surface area (Å²) >= 11 is -2.43. The van der Waals surface area contributed by atoms with E-state index in [4.69, 9.17) is 9.81 Å². The van der Waals surface area contributed by atoms with E-state index in [0.717, 1.165) is 0 Å². The van der Waals surface area contributed by atoms with Crippen LogP contribution in [0.4, 0.5) is 5.69 Å². The summed E-state index contributed by atoms with van der Waals surface area (Å²) in [7, 11) is 0. The molecular weight excluding hydrogens is 240 g/mol. The van der Waals surface area contributed by atoms with Gasteiger partial charge in [0.25, 0.3) is 11.3 Å². The lowest BCUT2D eigenvalue weighted by atomic mass is 10.1. The minimum absolute atomic E-state index is 0.0611. The molecule has 0 spiro atoms. The highest BCUT2D eigenvalue weighted by Crippen LogP contribution is 2.32. The lowest BCUT2D eigenvalue weighted by Crippen LogP contribution is -2.18. The first-order chi connectivity index (χ1) is 8.15. The average molecular weight is 248 g/mol. The van der Waals surface area contributed by atoms with Crippen LogP contribution in [0.3, 0.4) is 0 Å². The molecule has 0 bridgehead atoms. The fourth-order valence-electron chi connectivity index (χ4n) is 1.63. The molecule has 2 N–H and O–H groups in total. The van der Waals surface area contributed by atoms with Crippen LogP contribution in [-0.2, 0) is 11.3 Å². The first kappa shape index (κ1) is 11.4. The van der Waals surface area contributed by atoms with E-state index < -0.39 is 11.3 Å². The van der Waals surface area contributed by atoms with Gasteiger partial charge in [-0.05, 0) is 12.1 Å². The van der Waals surface area contributed by atoms with Gasteiger partial charge in [-0.15, -0.1) is 0 Å². The van der Waals surface area contributed by atoms with Crippen molar-refractivity contribution in [1.82, 2.24) is 0 Å². The van der Waals surface area contributed by atoms with Crippen LogP contribution >= 0.6 is 0 Å². The van der Waals surface area contributed by atoms with E-state index in [-0.39, 0.29) is 11.4 Å². The number of rotatable bonds is 2. The zero-order valence-corrected chi connectivity index (χ0v) is 9.39. The van der Waals surface area contributed by atoms with Crippen molar-refractivity contribution in [3.63, 3.8) is 0 Å². The Kier molecular flexibility index (Phi) is 2.95. The summed E-state index contributed by atoms with van der Waals surface area (Å²) in [6, 6.07) is 9.61. The van der Waals surface area contributed by atoms with Gasteiger partial charge in [-0.2, -0.15) is 9.57 Å². The Hall–Kier alpha value is -2.10. The second-order valence-electron chi connectivity index (χ2n) is 3.27. The summed E-state index contributed by atoms with van der Waals surface area (Å²) in [5.74, 6) is 0.0611. The maximum Gasteiger partial charge on any atom is 0.275 e. The number of hydrogen-bond acceptors (Lipinski definition) is 3. The maximum atomic E-state index is 11.0. The van der Waals surface area contributed by atoms with Crippen molar-refractivity contribution in [3.8, 4) is 11.9 Å². The minimum Gasteiger partial charge on any atom is -0.507 e. The van der Waals surface area contributed by atoms with Gasteiger partial charge in [0.2, 0.25) is 0 Å². The number of nitriles is 1. The molecule has 17 heavy (non-hydrogen) atoms. The Morgan fingerprint density at radius 2 is 1.82 bits per heavy atom. The van der Waals surface area contributed by atoms with Crippen molar-refractivity contribution in [3.05, 3.63) is 36.4 Å². The van der Waals surface area contributed by atoms with Crippen molar-refractivity contribution >= 4 is 27.7 Å². The molecule has 1 atom stereocenters. The molecule has 2 aromatic rings. The topological polar surface area (TPSA) is 84.6 Å². The zero-order chi connectivity index (χ0) is 12.4. The van der Waals surface area contributed by atoms with Crippen LogP contribution in [0.2, 0.25) is 0 Å². The third kappa shape index (κ3) is 1.93. The molecule has 2 aromatic carbocycles. The van der Waals surface area contributed by atoms with Gasteiger partial charge in [0.1, 0.15) is 5.75 Å². The Labute approximate surface area is 99.9 Å². The highest BCUT2D eigenvalue weighted by molar-refractivity contribution is 7.81. The smallest absolute Gasteiger partial charge is 0.275 e. The fourth-order valence-corrected chi connectivity index (χ4v) is 2.02. The second-order valence-corrected chi connectivity index (χ2v) is 4.10. The predicted octanol–water partition coefficient (Wildman–Crippen LogP) is 1.97. The Morgan fingerprint density at radius 3 is 2.47 bits per heavy atom. The van der Waals surface area contributed by atoms with Crippen LogP contribution < -0.4 is 4.31 Å². The first-order valence-corrected chi connectivity index (χ1v) is 5.73. The van der Waals surface area contributed by atoms with Gasteiger partial charge in [-0.3, -0.25) is 4.55 Å². The number of nitrogens with zero attached hydrogens (tertiary/aromatic N) is 2. The first-order valence-electron chi connectivity index (χ1n) is 4.66. The molecule has 0 aliphatic rings. The molecule has 0 aliphatic heterocycles. The molecule has 0 radical (unpaired) electrons. The van der Waals surface area contributed by atoms with Crippen LogP contribution in [0.1, 0.15) is 0 Å². The second kappa shape index (κ2) is 4.41. The molecular formula is C11H8N2O3S. The molecule has 0 amide bonds. The number of aromatic hydroxyl groups is 1. The zero-order valence-electron chi connectivity index (χ0n) is 8.57. The number of benzene rings is 2. The third-order valence-electron chi connectivity index (χ3n) is 2.34. The molecule has 5 nitrogen and oxygen atoms in total. The molecule has 0 heterocycles. The van der Waals surface area contributed by atoms with Crippen LogP contribution in [0.25, 0.3) is 10.8 Å². The van der Waals surface area contributed by atoms with Gasteiger partial charge in [0, 0.05) is 10.8 Å². The van der Waals surface area contributed by atoms with Crippen LogP contribution in [0.15, 0.2) is 36.4 Å². The van der Waals surface area contributed by atoms with E-state index in [1.807, 2.05) is 0 Å². The molecule has 0 aliphatic carbocycles. The number of phenolic OH excluding ortho intramolecular Hbond substituents is 1. The van der Waals surface area contributed by atoms with Crippen LogP contribution in [0.5, 0.6) is 5.75 Å². The summed E-state index contributed by atoms with van der Waals surface area (Å²) in [6.07, 6.45) is 1.63. The third-order valence-corrected chi connectivity index (χ3v) is 2.93. The van der Waals surface area contributed by atoms with Gasteiger partial charge in [-0.25, -0.2) is 4.21 Å². The van der Waals surface area contributed by atoms with E-state index >= 15 is 0 Å². The quantitative estimate of drug-likeness (QED) is 0.483. The number of anilines is 1. The fraction of sp³-hybridized carbons (Fsp3) is 0. The van der Waals surface area contributed by atoms with Crippen molar-refractivity contribution in [1.29, 1.82) is 5.26 Å². The minimum atomic E-state index is -2.43.